The Morgan fingerprint density at radius 2 is 1.82 bits per heavy atom. The lowest BCUT2D eigenvalue weighted by Crippen LogP contribution is -2.54. The number of hydrogen-bond acceptors (Lipinski definition) is 5. The van der Waals surface area contributed by atoms with E-state index in [1.165, 1.54) is 12.1 Å². The first-order valence-corrected chi connectivity index (χ1v) is 9.89. The third kappa shape index (κ3) is 6.42. The fourth-order valence-corrected chi connectivity index (χ4v) is 3.90. The van der Waals surface area contributed by atoms with Crippen molar-refractivity contribution in [2.75, 3.05) is 66.1 Å². The average molecular weight is 401 g/mol. The highest BCUT2D eigenvalue weighted by atomic mass is 19.4. The van der Waals surface area contributed by atoms with E-state index in [2.05, 4.69) is 15.1 Å². The van der Waals surface area contributed by atoms with Gasteiger partial charge in [-0.3, -0.25) is 9.80 Å². The normalized spacial score (nSPS) is 25.1. The molecule has 2 aliphatic heterocycles. The Bertz CT molecular complexity index is 595. The summed E-state index contributed by atoms with van der Waals surface area (Å²) in [7, 11) is 1.69. The molecule has 0 radical (unpaired) electrons. The summed E-state index contributed by atoms with van der Waals surface area (Å²) in [4.78, 5) is 4.85. The van der Waals surface area contributed by atoms with Gasteiger partial charge in [-0.15, -0.1) is 0 Å². The summed E-state index contributed by atoms with van der Waals surface area (Å²) in [6.07, 6.45) is -3.39. The van der Waals surface area contributed by atoms with Crippen LogP contribution in [0, 0.1) is 0 Å². The molecule has 5 nitrogen and oxygen atoms in total. The van der Waals surface area contributed by atoms with Gasteiger partial charge >= 0.3 is 6.18 Å². The third-order valence-electron chi connectivity index (χ3n) is 5.41. The van der Waals surface area contributed by atoms with E-state index in [9.17, 15) is 13.2 Å². The molecule has 1 N–H and O–H groups in total. The van der Waals surface area contributed by atoms with E-state index in [-0.39, 0.29) is 12.1 Å². The van der Waals surface area contributed by atoms with E-state index in [1.54, 1.807) is 19.2 Å². The fraction of sp³-hybridized carbons (Fsp3) is 0.700. The number of rotatable bonds is 7. The predicted molar refractivity (Wildman–Crippen MR) is 101 cm³/mol. The molecule has 158 valence electrons. The zero-order valence-corrected chi connectivity index (χ0v) is 16.4. The molecule has 2 heterocycles. The standard InChI is InChI=1S/C20H30F3N3O2/c1-27-15-19-14-26(10-11-28-19)9-8-25-7-6-24-18(13-25)12-16-2-4-17(5-3-16)20(21,22)23/h2-5,18-19,24H,6-15H2,1H3/t18?,19-/m1/s1. The van der Waals surface area contributed by atoms with Crippen LogP contribution in [0.1, 0.15) is 11.1 Å². The minimum atomic E-state index is -4.28. The summed E-state index contributed by atoms with van der Waals surface area (Å²) in [5.41, 5.74) is 0.342. The molecule has 2 atom stereocenters. The molecular weight excluding hydrogens is 371 g/mol. The van der Waals surface area contributed by atoms with Gasteiger partial charge in [0.05, 0.1) is 24.9 Å². The van der Waals surface area contributed by atoms with Gasteiger partial charge in [-0.05, 0) is 24.1 Å². The van der Waals surface area contributed by atoms with Gasteiger partial charge in [-0.1, -0.05) is 12.1 Å². The maximum absolute atomic E-state index is 12.7. The number of nitrogens with zero attached hydrogens (tertiary/aromatic N) is 2. The van der Waals surface area contributed by atoms with Gasteiger partial charge in [0.1, 0.15) is 0 Å². The van der Waals surface area contributed by atoms with Crippen LogP contribution < -0.4 is 5.32 Å². The van der Waals surface area contributed by atoms with Crippen molar-refractivity contribution in [3.63, 3.8) is 0 Å². The van der Waals surface area contributed by atoms with Crippen LogP contribution in [0.5, 0.6) is 0 Å². The van der Waals surface area contributed by atoms with Gasteiger partial charge in [0.2, 0.25) is 0 Å². The lowest BCUT2D eigenvalue weighted by molar-refractivity contribution is -0.137. The molecule has 0 aliphatic carbocycles. The quantitative estimate of drug-likeness (QED) is 0.755. The van der Waals surface area contributed by atoms with Gasteiger partial charge in [0, 0.05) is 59.0 Å². The zero-order valence-electron chi connectivity index (χ0n) is 16.4. The Kier molecular flexibility index (Phi) is 7.70. The second kappa shape index (κ2) is 10.0. The topological polar surface area (TPSA) is 37.0 Å². The molecule has 2 aliphatic rings. The number of morpholine rings is 1. The smallest absolute Gasteiger partial charge is 0.382 e. The molecule has 1 aromatic rings. The molecule has 2 fully saturated rings. The van der Waals surface area contributed by atoms with Crippen LogP contribution in [0.4, 0.5) is 13.2 Å². The van der Waals surface area contributed by atoms with Crippen molar-refractivity contribution >= 4 is 0 Å². The van der Waals surface area contributed by atoms with E-state index in [0.717, 1.165) is 64.4 Å². The van der Waals surface area contributed by atoms with Crippen LogP contribution in [-0.2, 0) is 22.1 Å². The molecule has 3 rings (SSSR count). The van der Waals surface area contributed by atoms with Crippen molar-refractivity contribution in [3.8, 4) is 0 Å². The number of benzene rings is 1. The molecular formula is C20H30F3N3O2. The van der Waals surface area contributed by atoms with Gasteiger partial charge in [0.15, 0.2) is 0 Å². The number of alkyl halides is 3. The average Bonchev–Trinajstić information content (AvgIpc) is 2.67. The van der Waals surface area contributed by atoms with Crippen molar-refractivity contribution in [3.05, 3.63) is 35.4 Å². The fourth-order valence-electron chi connectivity index (χ4n) is 3.90. The lowest BCUT2D eigenvalue weighted by atomic mass is 10.0. The number of halogens is 3. The van der Waals surface area contributed by atoms with Crippen molar-refractivity contribution in [1.29, 1.82) is 0 Å². The SMILES string of the molecule is COC[C@H]1CN(CCN2CCNC(Cc3ccc(C(F)(F)F)cc3)C2)CCO1. The number of ether oxygens (including phenoxy) is 2. The minimum absolute atomic E-state index is 0.147. The molecule has 0 saturated carbocycles. The van der Waals surface area contributed by atoms with Gasteiger partial charge in [-0.2, -0.15) is 13.2 Å². The Morgan fingerprint density at radius 3 is 2.50 bits per heavy atom. The Balaban J connectivity index is 1.44. The first-order valence-electron chi connectivity index (χ1n) is 9.89. The van der Waals surface area contributed by atoms with Crippen molar-refractivity contribution in [1.82, 2.24) is 15.1 Å². The molecule has 2 saturated heterocycles. The molecule has 0 aromatic heterocycles. The summed E-state index contributed by atoms with van der Waals surface area (Å²) in [6, 6.07) is 5.78. The van der Waals surface area contributed by atoms with Crippen molar-refractivity contribution in [2.45, 2.75) is 24.7 Å². The Morgan fingerprint density at radius 1 is 1.11 bits per heavy atom. The third-order valence-corrected chi connectivity index (χ3v) is 5.41. The molecule has 8 heteroatoms. The zero-order chi connectivity index (χ0) is 20.0. The van der Waals surface area contributed by atoms with Crippen LogP contribution in [0.3, 0.4) is 0 Å². The number of nitrogens with one attached hydrogen (secondary N) is 1. The first-order chi connectivity index (χ1) is 13.4. The lowest BCUT2D eigenvalue weighted by Gasteiger charge is -2.37. The number of piperazine rings is 1. The van der Waals surface area contributed by atoms with Crippen LogP contribution in [0.2, 0.25) is 0 Å². The Labute approximate surface area is 164 Å². The first kappa shape index (κ1) is 21.5. The summed E-state index contributed by atoms with van der Waals surface area (Å²) in [5.74, 6) is 0. The monoisotopic (exact) mass is 401 g/mol. The molecule has 0 bridgehead atoms. The highest BCUT2D eigenvalue weighted by Gasteiger charge is 2.30. The van der Waals surface area contributed by atoms with Crippen LogP contribution >= 0.6 is 0 Å². The molecule has 28 heavy (non-hydrogen) atoms. The summed E-state index contributed by atoms with van der Waals surface area (Å²) < 4.78 is 49.0. The van der Waals surface area contributed by atoms with Crippen LogP contribution in [0.25, 0.3) is 0 Å². The maximum atomic E-state index is 12.7. The van der Waals surface area contributed by atoms with E-state index in [4.69, 9.17) is 9.47 Å². The highest BCUT2D eigenvalue weighted by molar-refractivity contribution is 5.25. The summed E-state index contributed by atoms with van der Waals surface area (Å²) in [6.45, 7) is 8.01. The van der Waals surface area contributed by atoms with Crippen molar-refractivity contribution < 1.29 is 22.6 Å². The van der Waals surface area contributed by atoms with Gasteiger partial charge in [-0.25, -0.2) is 0 Å². The molecule has 0 spiro atoms. The highest BCUT2D eigenvalue weighted by Crippen LogP contribution is 2.29. The number of methoxy groups -OCH3 is 1. The van der Waals surface area contributed by atoms with E-state index < -0.39 is 11.7 Å². The van der Waals surface area contributed by atoms with Crippen molar-refractivity contribution in [2.24, 2.45) is 0 Å². The second-order valence-electron chi connectivity index (χ2n) is 7.60. The van der Waals surface area contributed by atoms with Gasteiger partial charge in [0.25, 0.3) is 0 Å². The molecule has 0 amide bonds. The van der Waals surface area contributed by atoms with E-state index in [1.807, 2.05) is 0 Å². The maximum Gasteiger partial charge on any atom is 0.416 e. The predicted octanol–water partition coefficient (Wildman–Crippen LogP) is 1.87. The summed E-state index contributed by atoms with van der Waals surface area (Å²) in [5, 5.41) is 3.49. The van der Waals surface area contributed by atoms with Gasteiger partial charge < -0.3 is 14.8 Å². The summed E-state index contributed by atoms with van der Waals surface area (Å²) >= 11 is 0. The molecule has 1 aromatic carbocycles. The second-order valence-corrected chi connectivity index (χ2v) is 7.60. The Hall–Kier alpha value is -1.19. The minimum Gasteiger partial charge on any atom is -0.382 e. The van der Waals surface area contributed by atoms with E-state index in [0.29, 0.717) is 6.61 Å². The van der Waals surface area contributed by atoms with Crippen LogP contribution in [0.15, 0.2) is 24.3 Å². The largest absolute Gasteiger partial charge is 0.416 e. The van der Waals surface area contributed by atoms with E-state index >= 15 is 0 Å². The molecule has 1 unspecified atom stereocenters. The number of hydrogen-bond donors (Lipinski definition) is 1. The van der Waals surface area contributed by atoms with Crippen LogP contribution in [-0.4, -0.2) is 88.1 Å².